The number of carboxylic acids is 1. The normalized spacial score (nSPS) is 19.1. The lowest BCUT2D eigenvalue weighted by molar-refractivity contribution is -0.139. The van der Waals surface area contributed by atoms with E-state index in [1.807, 2.05) is 0 Å². The molecule has 1 heterocycles. The number of aromatic hydroxyl groups is 1. The Balaban J connectivity index is 2.00. The zero-order chi connectivity index (χ0) is 19.0. The van der Waals surface area contributed by atoms with Crippen LogP contribution in [0.1, 0.15) is 23.5 Å². The summed E-state index contributed by atoms with van der Waals surface area (Å²) < 4.78 is 0. The summed E-state index contributed by atoms with van der Waals surface area (Å²) in [5.41, 5.74) is 1.53. The number of ketones is 1. The van der Waals surface area contributed by atoms with Crippen molar-refractivity contribution in [3.63, 3.8) is 0 Å². The van der Waals surface area contributed by atoms with E-state index >= 15 is 0 Å². The maximum Gasteiger partial charge on any atom is 0.327 e. The van der Waals surface area contributed by atoms with Crippen LogP contribution in [-0.2, 0) is 16.0 Å². The first-order valence-corrected chi connectivity index (χ1v) is 8.60. The van der Waals surface area contributed by atoms with Crippen LogP contribution in [0.4, 0.5) is 5.69 Å². The lowest BCUT2D eigenvalue weighted by Crippen LogP contribution is -2.51. The highest BCUT2D eigenvalue weighted by Gasteiger charge is 2.40. The van der Waals surface area contributed by atoms with Gasteiger partial charge in [0, 0.05) is 27.9 Å². The molecule has 2 atom stereocenters. The SMILES string of the molecule is NN1c2cc(Cl)cc(Cl)c2[C@H](C(=O)Cc2ccc(O)cc2)C[C@H]1C(=O)O. The summed E-state index contributed by atoms with van der Waals surface area (Å²) in [4.78, 5) is 24.5. The molecule has 3 rings (SSSR count). The number of hydrogen-bond acceptors (Lipinski definition) is 5. The van der Waals surface area contributed by atoms with Gasteiger partial charge in [0.25, 0.3) is 0 Å². The topological polar surface area (TPSA) is 104 Å². The van der Waals surface area contributed by atoms with Crippen molar-refractivity contribution in [1.82, 2.24) is 0 Å². The summed E-state index contributed by atoms with van der Waals surface area (Å²) in [6, 6.07) is 8.23. The Morgan fingerprint density at radius 3 is 2.46 bits per heavy atom. The van der Waals surface area contributed by atoms with Crippen LogP contribution in [0.3, 0.4) is 0 Å². The van der Waals surface area contributed by atoms with Crippen molar-refractivity contribution in [2.45, 2.75) is 24.8 Å². The third-order valence-corrected chi connectivity index (χ3v) is 5.01. The molecule has 0 aliphatic carbocycles. The van der Waals surface area contributed by atoms with Gasteiger partial charge in [-0.2, -0.15) is 0 Å². The van der Waals surface area contributed by atoms with Crippen LogP contribution in [0.5, 0.6) is 5.75 Å². The first-order chi connectivity index (χ1) is 12.3. The molecular weight excluding hydrogens is 379 g/mol. The number of rotatable bonds is 4. The molecule has 0 amide bonds. The standard InChI is InChI=1S/C18H16Cl2N2O4/c19-10-6-13(20)17-12(8-15(18(25)26)22(21)14(17)7-10)16(24)5-9-1-3-11(23)4-2-9/h1-4,6-7,12,15,23H,5,8,21H2,(H,25,26)/t12-,15-/m0/s1. The number of benzene rings is 2. The second kappa shape index (κ2) is 7.15. The van der Waals surface area contributed by atoms with Crippen LogP contribution >= 0.6 is 23.2 Å². The Morgan fingerprint density at radius 1 is 1.19 bits per heavy atom. The maximum absolute atomic E-state index is 12.9. The molecule has 2 aromatic carbocycles. The fourth-order valence-electron chi connectivity index (χ4n) is 3.20. The highest BCUT2D eigenvalue weighted by molar-refractivity contribution is 6.36. The highest BCUT2D eigenvalue weighted by atomic mass is 35.5. The van der Waals surface area contributed by atoms with Crippen LogP contribution in [0.2, 0.25) is 10.0 Å². The average Bonchev–Trinajstić information content (AvgIpc) is 2.57. The van der Waals surface area contributed by atoms with Gasteiger partial charge in [-0.3, -0.25) is 9.80 Å². The number of nitrogens with zero attached hydrogens (tertiary/aromatic N) is 1. The van der Waals surface area contributed by atoms with Gasteiger partial charge in [0.05, 0.1) is 5.69 Å². The number of anilines is 1. The summed E-state index contributed by atoms with van der Waals surface area (Å²) in [7, 11) is 0. The second-order valence-electron chi connectivity index (χ2n) is 6.18. The molecule has 1 aliphatic rings. The molecule has 26 heavy (non-hydrogen) atoms. The van der Waals surface area contributed by atoms with Crippen molar-refractivity contribution in [2.75, 3.05) is 5.01 Å². The first-order valence-electron chi connectivity index (χ1n) is 7.84. The summed E-state index contributed by atoms with van der Waals surface area (Å²) >= 11 is 12.3. The van der Waals surface area contributed by atoms with Crippen molar-refractivity contribution < 1.29 is 19.8 Å². The van der Waals surface area contributed by atoms with Gasteiger partial charge in [0.1, 0.15) is 17.6 Å². The number of fused-ring (bicyclic) bond motifs is 1. The van der Waals surface area contributed by atoms with Crippen LogP contribution in [0.15, 0.2) is 36.4 Å². The molecule has 0 saturated carbocycles. The van der Waals surface area contributed by atoms with Crippen molar-refractivity contribution in [1.29, 1.82) is 0 Å². The van der Waals surface area contributed by atoms with Crippen molar-refractivity contribution in [3.05, 3.63) is 57.6 Å². The van der Waals surface area contributed by atoms with Gasteiger partial charge in [0.2, 0.25) is 0 Å². The Morgan fingerprint density at radius 2 is 1.85 bits per heavy atom. The number of Topliss-reactive ketones (excluding diaryl/α,β-unsaturated/α-hetero) is 1. The van der Waals surface area contributed by atoms with E-state index in [-0.39, 0.29) is 29.4 Å². The second-order valence-corrected chi connectivity index (χ2v) is 7.02. The van der Waals surface area contributed by atoms with Gasteiger partial charge in [-0.1, -0.05) is 35.3 Å². The van der Waals surface area contributed by atoms with Crippen LogP contribution in [0.25, 0.3) is 0 Å². The zero-order valence-corrected chi connectivity index (χ0v) is 15.0. The number of hydrogen-bond donors (Lipinski definition) is 3. The Labute approximate surface area is 159 Å². The summed E-state index contributed by atoms with van der Waals surface area (Å²) in [6.45, 7) is 0. The number of carboxylic acid groups (broad SMARTS) is 1. The molecule has 136 valence electrons. The third kappa shape index (κ3) is 3.49. The molecule has 0 spiro atoms. The zero-order valence-electron chi connectivity index (χ0n) is 13.5. The van der Waals surface area contributed by atoms with E-state index in [2.05, 4.69) is 0 Å². The number of carbonyl (C=O) groups excluding carboxylic acids is 1. The highest BCUT2D eigenvalue weighted by Crippen LogP contribution is 2.43. The maximum atomic E-state index is 12.9. The van der Waals surface area contributed by atoms with Gasteiger partial charge < -0.3 is 10.2 Å². The molecule has 4 N–H and O–H groups in total. The van der Waals surface area contributed by atoms with Gasteiger partial charge in [-0.05, 0) is 36.2 Å². The molecular formula is C18H16Cl2N2O4. The van der Waals surface area contributed by atoms with Crippen LogP contribution in [0, 0.1) is 0 Å². The fourth-order valence-corrected chi connectivity index (χ4v) is 3.82. The number of phenolic OH excluding ortho intramolecular Hbond substituents is 1. The van der Waals surface area contributed by atoms with Gasteiger partial charge in [-0.25, -0.2) is 10.6 Å². The Hall–Kier alpha value is -2.28. The molecule has 0 aromatic heterocycles. The van der Waals surface area contributed by atoms with Gasteiger partial charge in [-0.15, -0.1) is 0 Å². The third-order valence-electron chi connectivity index (χ3n) is 4.48. The number of carbonyl (C=O) groups is 2. The molecule has 8 heteroatoms. The minimum Gasteiger partial charge on any atom is -0.508 e. The number of hydrazine groups is 1. The first kappa shape index (κ1) is 18.5. The minimum absolute atomic E-state index is 0.0110. The van der Waals surface area contributed by atoms with E-state index in [4.69, 9.17) is 29.0 Å². The largest absolute Gasteiger partial charge is 0.508 e. The molecule has 0 fully saturated rings. The quantitative estimate of drug-likeness (QED) is 0.688. The van der Waals surface area contributed by atoms with Crippen LogP contribution in [-0.4, -0.2) is 28.0 Å². The number of aliphatic carboxylic acids is 1. The predicted molar refractivity (Wildman–Crippen MR) is 98.7 cm³/mol. The van der Waals surface area contributed by atoms with Crippen molar-refractivity contribution in [2.24, 2.45) is 5.84 Å². The average molecular weight is 395 g/mol. The number of nitrogens with two attached hydrogens (primary N) is 1. The van der Waals surface area contributed by atoms with E-state index in [0.717, 1.165) is 5.01 Å². The molecule has 0 bridgehead atoms. The number of halogens is 2. The van der Waals surface area contributed by atoms with E-state index < -0.39 is 17.9 Å². The molecule has 0 unspecified atom stereocenters. The van der Waals surface area contributed by atoms with Crippen LogP contribution < -0.4 is 10.9 Å². The number of phenols is 1. The van der Waals surface area contributed by atoms with E-state index in [9.17, 15) is 19.8 Å². The molecule has 0 radical (unpaired) electrons. The minimum atomic E-state index is -1.13. The van der Waals surface area contributed by atoms with E-state index in [0.29, 0.717) is 21.8 Å². The lowest BCUT2D eigenvalue weighted by Gasteiger charge is -2.37. The molecule has 1 aliphatic heterocycles. The van der Waals surface area contributed by atoms with E-state index in [1.165, 1.54) is 24.3 Å². The van der Waals surface area contributed by atoms with Gasteiger partial charge in [0.15, 0.2) is 0 Å². The summed E-state index contributed by atoms with van der Waals surface area (Å²) in [5, 5.41) is 20.5. The van der Waals surface area contributed by atoms with E-state index in [1.54, 1.807) is 12.1 Å². The van der Waals surface area contributed by atoms with Gasteiger partial charge >= 0.3 is 5.97 Å². The molecule has 0 saturated heterocycles. The molecule has 6 nitrogen and oxygen atoms in total. The Kier molecular flexibility index (Phi) is 5.09. The lowest BCUT2D eigenvalue weighted by atomic mass is 9.81. The Bertz CT molecular complexity index is 870. The van der Waals surface area contributed by atoms with Crippen molar-refractivity contribution >= 4 is 40.6 Å². The monoisotopic (exact) mass is 394 g/mol. The predicted octanol–water partition coefficient (Wildman–Crippen LogP) is 3.13. The molecule has 2 aromatic rings. The smallest absolute Gasteiger partial charge is 0.327 e. The summed E-state index contributed by atoms with van der Waals surface area (Å²) in [6.07, 6.45) is 0.0946. The van der Waals surface area contributed by atoms with Crippen molar-refractivity contribution in [3.8, 4) is 5.75 Å². The fraction of sp³-hybridized carbons (Fsp3) is 0.222. The summed E-state index contributed by atoms with van der Waals surface area (Å²) in [5.74, 6) is 4.03.